The van der Waals surface area contributed by atoms with Crippen LogP contribution in [0.5, 0.6) is 0 Å². The number of rotatable bonds is 4. The van der Waals surface area contributed by atoms with Crippen molar-refractivity contribution >= 4 is 23.4 Å². The summed E-state index contributed by atoms with van der Waals surface area (Å²) in [5, 5.41) is 1.69. The molecule has 0 aliphatic rings. The summed E-state index contributed by atoms with van der Waals surface area (Å²) >= 11 is 7.65. The van der Waals surface area contributed by atoms with Crippen LogP contribution >= 0.6 is 23.4 Å². The van der Waals surface area contributed by atoms with Crippen molar-refractivity contribution in [3.05, 3.63) is 71.4 Å². The summed E-state index contributed by atoms with van der Waals surface area (Å²) in [5.41, 5.74) is 3.38. The lowest BCUT2D eigenvalue weighted by Crippen LogP contribution is -1.82. The summed E-state index contributed by atoms with van der Waals surface area (Å²) in [4.78, 5) is 7.74. The Morgan fingerprint density at radius 2 is 1.90 bits per heavy atom. The van der Waals surface area contributed by atoms with Gasteiger partial charge in [-0.15, -0.1) is 0 Å². The molecule has 0 aliphatic carbocycles. The van der Waals surface area contributed by atoms with Crippen LogP contribution in [0.2, 0.25) is 5.02 Å². The first kappa shape index (κ1) is 13.3. The van der Waals surface area contributed by atoms with Crippen molar-refractivity contribution in [2.24, 2.45) is 0 Å². The van der Waals surface area contributed by atoms with Crippen LogP contribution in [0, 0.1) is 0 Å². The molecule has 0 bridgehead atoms. The smallest absolute Gasteiger partial charge is 0.166 e. The van der Waals surface area contributed by atoms with Gasteiger partial charge in [-0.05, 0) is 23.3 Å². The number of hydrogen-bond donors (Lipinski definition) is 1. The summed E-state index contributed by atoms with van der Waals surface area (Å²) in [6.07, 6.45) is 1.87. The van der Waals surface area contributed by atoms with E-state index in [9.17, 15) is 0 Å². The van der Waals surface area contributed by atoms with Gasteiger partial charge in [0.1, 0.15) is 0 Å². The van der Waals surface area contributed by atoms with E-state index in [1.807, 2.05) is 42.6 Å². The highest BCUT2D eigenvalue weighted by atomic mass is 35.5. The molecule has 0 radical (unpaired) electrons. The average molecular weight is 301 g/mol. The van der Waals surface area contributed by atoms with Crippen LogP contribution in [0.1, 0.15) is 5.56 Å². The summed E-state index contributed by atoms with van der Waals surface area (Å²) in [6.45, 7) is 0. The predicted octanol–water partition coefficient (Wildman–Crippen LogP) is 5.02. The first-order valence-corrected chi connectivity index (χ1v) is 7.65. The summed E-state index contributed by atoms with van der Waals surface area (Å²) in [6, 6.07) is 18.1. The lowest BCUT2D eigenvalue weighted by Gasteiger charge is -2.00. The molecule has 1 heterocycles. The number of nitrogens with zero attached hydrogens (tertiary/aromatic N) is 1. The molecular weight excluding hydrogens is 288 g/mol. The van der Waals surface area contributed by atoms with Crippen LogP contribution in [-0.2, 0) is 5.75 Å². The maximum Gasteiger partial charge on any atom is 0.166 e. The van der Waals surface area contributed by atoms with E-state index in [2.05, 4.69) is 28.2 Å². The molecule has 20 heavy (non-hydrogen) atoms. The van der Waals surface area contributed by atoms with Gasteiger partial charge < -0.3 is 4.98 Å². The number of aromatic amines is 1. The van der Waals surface area contributed by atoms with Gasteiger partial charge in [-0.25, -0.2) is 4.98 Å². The highest BCUT2D eigenvalue weighted by Gasteiger charge is 2.04. The third kappa shape index (κ3) is 3.24. The normalized spacial score (nSPS) is 10.7. The molecule has 0 fully saturated rings. The zero-order valence-corrected chi connectivity index (χ0v) is 12.3. The van der Waals surface area contributed by atoms with E-state index < -0.39 is 0 Å². The fourth-order valence-electron chi connectivity index (χ4n) is 1.92. The number of H-pyrrole nitrogens is 1. The standard InChI is InChI=1S/C16H13ClN2S/c17-14-8-4-5-12(9-14)11-20-16-18-10-15(19-16)13-6-2-1-3-7-13/h1-10H,11H2,(H,18,19). The minimum absolute atomic E-state index is 0.771. The van der Waals surface area contributed by atoms with Crippen LogP contribution in [0.25, 0.3) is 11.3 Å². The number of aromatic nitrogens is 2. The van der Waals surface area contributed by atoms with E-state index in [0.717, 1.165) is 27.2 Å². The molecule has 2 aromatic carbocycles. The fourth-order valence-corrected chi connectivity index (χ4v) is 2.92. The fraction of sp³-hybridized carbons (Fsp3) is 0.0625. The predicted molar refractivity (Wildman–Crippen MR) is 85.0 cm³/mol. The number of benzene rings is 2. The third-order valence-corrected chi connectivity index (χ3v) is 4.10. The number of nitrogens with one attached hydrogen (secondary N) is 1. The Balaban J connectivity index is 1.69. The molecule has 0 atom stereocenters. The van der Waals surface area contributed by atoms with E-state index >= 15 is 0 Å². The SMILES string of the molecule is Clc1cccc(CSc2ncc(-c3ccccc3)[nH]2)c1. The summed E-state index contributed by atoms with van der Waals surface area (Å²) in [7, 11) is 0. The molecule has 100 valence electrons. The van der Waals surface area contributed by atoms with Crippen LogP contribution in [0.3, 0.4) is 0 Å². The van der Waals surface area contributed by atoms with Gasteiger partial charge in [0.05, 0.1) is 11.9 Å². The second kappa shape index (κ2) is 6.16. The second-order valence-corrected chi connectivity index (χ2v) is 5.79. The first-order valence-electron chi connectivity index (χ1n) is 6.29. The average Bonchev–Trinajstić information content (AvgIpc) is 2.95. The van der Waals surface area contributed by atoms with E-state index in [-0.39, 0.29) is 0 Å². The van der Waals surface area contributed by atoms with Gasteiger partial charge in [0, 0.05) is 10.8 Å². The Bertz CT molecular complexity index is 694. The van der Waals surface area contributed by atoms with E-state index in [1.54, 1.807) is 11.8 Å². The van der Waals surface area contributed by atoms with Gasteiger partial charge in [-0.2, -0.15) is 0 Å². The molecule has 0 spiro atoms. The van der Waals surface area contributed by atoms with Crippen molar-refractivity contribution in [2.45, 2.75) is 10.9 Å². The van der Waals surface area contributed by atoms with Crippen molar-refractivity contribution in [3.63, 3.8) is 0 Å². The van der Waals surface area contributed by atoms with E-state index in [0.29, 0.717) is 0 Å². The Morgan fingerprint density at radius 1 is 1.05 bits per heavy atom. The van der Waals surface area contributed by atoms with Crippen molar-refractivity contribution in [1.82, 2.24) is 9.97 Å². The molecular formula is C16H13ClN2S. The lowest BCUT2D eigenvalue weighted by atomic mass is 10.2. The van der Waals surface area contributed by atoms with Crippen molar-refractivity contribution in [2.75, 3.05) is 0 Å². The zero-order valence-electron chi connectivity index (χ0n) is 10.7. The van der Waals surface area contributed by atoms with E-state index in [4.69, 9.17) is 11.6 Å². The Morgan fingerprint density at radius 3 is 2.70 bits per heavy atom. The molecule has 2 nitrogen and oxygen atoms in total. The highest BCUT2D eigenvalue weighted by Crippen LogP contribution is 2.24. The maximum absolute atomic E-state index is 5.98. The van der Waals surface area contributed by atoms with Crippen LogP contribution in [0.15, 0.2) is 66.0 Å². The minimum atomic E-state index is 0.771. The molecule has 4 heteroatoms. The Labute approximate surface area is 127 Å². The largest absolute Gasteiger partial charge is 0.333 e. The van der Waals surface area contributed by atoms with Gasteiger partial charge in [-0.1, -0.05) is 65.8 Å². The number of thioether (sulfide) groups is 1. The Kier molecular flexibility index (Phi) is 4.09. The van der Waals surface area contributed by atoms with Crippen LogP contribution in [-0.4, -0.2) is 9.97 Å². The molecule has 3 rings (SSSR count). The number of halogens is 1. The van der Waals surface area contributed by atoms with Crippen molar-refractivity contribution < 1.29 is 0 Å². The minimum Gasteiger partial charge on any atom is -0.333 e. The summed E-state index contributed by atoms with van der Waals surface area (Å²) in [5.74, 6) is 0.850. The topological polar surface area (TPSA) is 28.7 Å². The molecule has 0 amide bonds. The monoisotopic (exact) mass is 300 g/mol. The highest BCUT2D eigenvalue weighted by molar-refractivity contribution is 7.98. The molecule has 3 aromatic rings. The van der Waals surface area contributed by atoms with Crippen molar-refractivity contribution in [3.8, 4) is 11.3 Å². The van der Waals surface area contributed by atoms with E-state index in [1.165, 1.54) is 5.56 Å². The maximum atomic E-state index is 5.98. The van der Waals surface area contributed by atoms with Gasteiger partial charge in [0.25, 0.3) is 0 Å². The number of imidazole rings is 1. The van der Waals surface area contributed by atoms with Gasteiger partial charge >= 0.3 is 0 Å². The molecule has 1 N–H and O–H groups in total. The molecule has 0 unspecified atom stereocenters. The second-order valence-electron chi connectivity index (χ2n) is 4.39. The Hall–Kier alpha value is -1.71. The molecule has 0 saturated carbocycles. The molecule has 0 aliphatic heterocycles. The van der Waals surface area contributed by atoms with Gasteiger partial charge in [-0.3, -0.25) is 0 Å². The summed E-state index contributed by atoms with van der Waals surface area (Å²) < 4.78 is 0. The van der Waals surface area contributed by atoms with Crippen LogP contribution < -0.4 is 0 Å². The van der Waals surface area contributed by atoms with Gasteiger partial charge in [0.15, 0.2) is 5.16 Å². The van der Waals surface area contributed by atoms with Crippen molar-refractivity contribution in [1.29, 1.82) is 0 Å². The van der Waals surface area contributed by atoms with Gasteiger partial charge in [0.2, 0.25) is 0 Å². The third-order valence-electron chi connectivity index (χ3n) is 2.90. The number of hydrogen-bond acceptors (Lipinski definition) is 2. The molecule has 1 aromatic heterocycles. The lowest BCUT2D eigenvalue weighted by molar-refractivity contribution is 1.06. The van der Waals surface area contributed by atoms with Crippen LogP contribution in [0.4, 0.5) is 0 Å². The quantitative estimate of drug-likeness (QED) is 0.685. The molecule has 0 saturated heterocycles. The first-order chi connectivity index (χ1) is 9.81. The zero-order chi connectivity index (χ0) is 13.8.